The lowest BCUT2D eigenvalue weighted by Gasteiger charge is -2.12. The van der Waals surface area contributed by atoms with Gasteiger partial charge in [-0.3, -0.25) is 9.52 Å². The van der Waals surface area contributed by atoms with Gasteiger partial charge in [0.05, 0.1) is 24.6 Å². The Morgan fingerprint density at radius 2 is 1.90 bits per heavy atom. The van der Waals surface area contributed by atoms with Gasteiger partial charge in [-0.1, -0.05) is 13.3 Å². The number of unbranched alkanes of at least 4 members (excludes halogenated alkanes) is 1. The average molecular weight is 455 g/mol. The fourth-order valence-corrected chi connectivity index (χ4v) is 3.92. The summed E-state index contributed by atoms with van der Waals surface area (Å²) in [4.78, 5) is 16.8. The van der Waals surface area contributed by atoms with Crippen molar-refractivity contribution in [3.05, 3.63) is 40.6 Å². The van der Waals surface area contributed by atoms with E-state index < -0.39 is 10.0 Å². The third-order valence-electron chi connectivity index (χ3n) is 4.78. The van der Waals surface area contributed by atoms with E-state index in [0.717, 1.165) is 48.1 Å². The lowest BCUT2D eigenvalue weighted by molar-refractivity contribution is 0.405. The minimum absolute atomic E-state index is 0. The number of halogens is 1. The summed E-state index contributed by atoms with van der Waals surface area (Å²) < 4.78 is 35.2. The molecule has 0 bridgehead atoms. The van der Waals surface area contributed by atoms with Crippen molar-refractivity contribution in [3.63, 3.8) is 0 Å². The van der Waals surface area contributed by atoms with Crippen molar-refractivity contribution in [3.8, 4) is 16.9 Å². The maximum Gasteiger partial charge on any atom is 0.292 e. The molecule has 0 atom stereocenters. The van der Waals surface area contributed by atoms with E-state index in [2.05, 4.69) is 21.2 Å². The Balaban J connectivity index is 0.00000320. The number of hydrogen-bond donors (Lipinski definition) is 1. The molecule has 0 saturated heterocycles. The Labute approximate surface area is 182 Å². The number of aryl methyl sites for hydroxylation is 3. The summed E-state index contributed by atoms with van der Waals surface area (Å²) in [5.41, 5.74) is 3.11. The van der Waals surface area contributed by atoms with E-state index in [9.17, 15) is 13.2 Å². The molecule has 1 N–H and O–H groups in total. The number of anilines is 1. The van der Waals surface area contributed by atoms with Crippen LogP contribution in [0, 0.1) is 6.92 Å². The zero-order valence-corrected chi connectivity index (χ0v) is 19.4. The Morgan fingerprint density at radius 1 is 1.20 bits per heavy atom. The number of pyridine rings is 1. The van der Waals surface area contributed by atoms with Gasteiger partial charge in [0.1, 0.15) is 11.3 Å². The molecule has 10 heteroatoms. The van der Waals surface area contributed by atoms with E-state index in [1.807, 2.05) is 13.0 Å². The molecule has 2 heterocycles. The summed E-state index contributed by atoms with van der Waals surface area (Å²) in [5, 5.41) is 0. The molecule has 0 saturated carbocycles. The number of methoxy groups -OCH3 is 1. The minimum Gasteiger partial charge on any atom is -0.491 e. The van der Waals surface area contributed by atoms with Gasteiger partial charge in [-0.25, -0.2) is 13.4 Å². The van der Waals surface area contributed by atoms with Crippen molar-refractivity contribution in [2.75, 3.05) is 18.1 Å². The molecule has 0 unspecified atom stereocenters. The van der Waals surface area contributed by atoms with Crippen LogP contribution in [-0.2, 0) is 23.6 Å². The Bertz CT molecular complexity index is 1230. The van der Waals surface area contributed by atoms with Crippen LogP contribution in [-0.4, -0.2) is 35.9 Å². The van der Waals surface area contributed by atoms with Crippen molar-refractivity contribution in [2.45, 2.75) is 33.2 Å². The van der Waals surface area contributed by atoms with E-state index in [1.54, 1.807) is 25.4 Å². The summed E-state index contributed by atoms with van der Waals surface area (Å²) in [6, 6.07) is 5.37. The van der Waals surface area contributed by atoms with Crippen LogP contribution in [0.25, 0.3) is 22.2 Å². The number of nitrogens with zero attached hydrogens (tertiary/aromatic N) is 3. The van der Waals surface area contributed by atoms with Gasteiger partial charge in [0.15, 0.2) is 5.75 Å². The molecule has 0 aliphatic heterocycles. The van der Waals surface area contributed by atoms with Crippen LogP contribution in [0.4, 0.5) is 5.69 Å². The van der Waals surface area contributed by atoms with Gasteiger partial charge in [0.25, 0.3) is 5.56 Å². The number of nitrogens with one attached hydrogen (secondary N) is 1. The minimum atomic E-state index is -3.49. The molecule has 164 valence electrons. The van der Waals surface area contributed by atoms with Gasteiger partial charge in [-0.05, 0) is 37.1 Å². The van der Waals surface area contributed by atoms with Crippen LogP contribution in [0.1, 0.15) is 25.6 Å². The monoisotopic (exact) mass is 454 g/mol. The van der Waals surface area contributed by atoms with Crippen molar-refractivity contribution in [2.24, 2.45) is 7.05 Å². The zero-order valence-electron chi connectivity index (χ0n) is 17.7. The molecule has 0 amide bonds. The third kappa shape index (κ3) is 4.79. The summed E-state index contributed by atoms with van der Waals surface area (Å²) in [5.74, 6) is 1.04. The van der Waals surface area contributed by atoms with Gasteiger partial charge >= 0.3 is 0 Å². The topological polar surface area (TPSA) is 95.2 Å². The van der Waals surface area contributed by atoms with E-state index in [-0.39, 0.29) is 23.7 Å². The van der Waals surface area contributed by atoms with Gasteiger partial charge in [-0.2, -0.15) is 0 Å². The van der Waals surface area contributed by atoms with E-state index in [4.69, 9.17) is 4.74 Å². The first-order valence-corrected chi connectivity index (χ1v) is 11.3. The van der Waals surface area contributed by atoms with Crippen molar-refractivity contribution in [1.82, 2.24) is 14.1 Å². The molecule has 1 aromatic carbocycles. The number of sulfonamides is 1. The number of aromatic nitrogens is 3. The number of ether oxygens (including phenoxy) is 1. The van der Waals surface area contributed by atoms with Crippen molar-refractivity contribution in [1.29, 1.82) is 0 Å². The van der Waals surface area contributed by atoms with Crippen molar-refractivity contribution >= 4 is 39.2 Å². The molecular formula is C20H27ClN4O4S. The smallest absolute Gasteiger partial charge is 0.292 e. The summed E-state index contributed by atoms with van der Waals surface area (Å²) >= 11 is 0. The number of hydrogen-bond acceptors (Lipinski definition) is 5. The number of fused-ring (bicyclic) bond motifs is 1. The molecule has 2 aromatic heterocycles. The highest BCUT2D eigenvalue weighted by Crippen LogP contribution is 2.32. The first-order valence-electron chi connectivity index (χ1n) is 9.38. The van der Waals surface area contributed by atoms with Crippen LogP contribution >= 0.6 is 12.4 Å². The molecule has 0 fully saturated rings. The van der Waals surface area contributed by atoms with Crippen molar-refractivity contribution < 1.29 is 13.2 Å². The molecule has 0 radical (unpaired) electrons. The molecule has 8 nitrogen and oxygen atoms in total. The zero-order chi connectivity index (χ0) is 21.3. The normalized spacial score (nSPS) is 11.4. The highest BCUT2D eigenvalue weighted by atomic mass is 35.5. The van der Waals surface area contributed by atoms with Gasteiger partial charge < -0.3 is 13.9 Å². The summed E-state index contributed by atoms with van der Waals surface area (Å²) in [6.07, 6.45) is 4.84. The van der Waals surface area contributed by atoms with E-state index in [0.29, 0.717) is 11.2 Å². The maximum atomic E-state index is 12.2. The third-order valence-corrected chi connectivity index (χ3v) is 5.37. The SMILES string of the molecule is CCCCn1c(C)nc2c(NS(C)(=O)=O)cc(-c3cc(OC)c(=O)n(C)c3)cc21.Cl. The molecule has 3 aromatic rings. The van der Waals surface area contributed by atoms with Gasteiger partial charge in [0.2, 0.25) is 10.0 Å². The van der Waals surface area contributed by atoms with Crippen LogP contribution in [0.2, 0.25) is 0 Å². The fourth-order valence-electron chi connectivity index (χ4n) is 3.37. The van der Waals surface area contributed by atoms with E-state index in [1.165, 1.54) is 11.7 Å². The van der Waals surface area contributed by atoms with Gasteiger partial charge in [-0.15, -0.1) is 12.4 Å². The number of benzene rings is 1. The Hall–Kier alpha value is -2.52. The lowest BCUT2D eigenvalue weighted by Crippen LogP contribution is -2.17. The number of rotatable bonds is 7. The average Bonchev–Trinajstić information content (AvgIpc) is 2.96. The van der Waals surface area contributed by atoms with Crippen LogP contribution in [0.5, 0.6) is 5.75 Å². The molecule has 30 heavy (non-hydrogen) atoms. The van der Waals surface area contributed by atoms with Gasteiger partial charge in [0, 0.05) is 25.4 Å². The van der Waals surface area contributed by atoms with Crippen LogP contribution in [0.15, 0.2) is 29.2 Å². The molecule has 0 aliphatic carbocycles. The lowest BCUT2D eigenvalue weighted by atomic mass is 10.1. The van der Waals surface area contributed by atoms with Crippen LogP contribution in [0.3, 0.4) is 0 Å². The second kappa shape index (κ2) is 9.09. The molecule has 0 aliphatic rings. The highest BCUT2D eigenvalue weighted by molar-refractivity contribution is 7.92. The van der Waals surface area contributed by atoms with E-state index >= 15 is 0 Å². The van der Waals surface area contributed by atoms with Crippen LogP contribution < -0.4 is 15.0 Å². The first kappa shape index (κ1) is 23.8. The fraction of sp³-hybridized carbons (Fsp3) is 0.400. The standard InChI is InChI=1S/C20H26N4O4S.ClH/c1-6-7-8-24-13(2)21-19-16(22-29(5,26)27)9-14(10-17(19)24)15-11-18(28-4)20(25)23(3)12-15;/h9-12,22H,6-8H2,1-5H3;1H. The quantitative estimate of drug-likeness (QED) is 0.590. The Morgan fingerprint density at radius 3 is 2.50 bits per heavy atom. The molecule has 0 spiro atoms. The number of imidazole rings is 1. The maximum absolute atomic E-state index is 12.2. The predicted octanol–water partition coefficient (Wildman–Crippen LogP) is 3.31. The molecular weight excluding hydrogens is 428 g/mol. The summed E-state index contributed by atoms with van der Waals surface area (Å²) in [6.45, 7) is 4.82. The first-order chi connectivity index (χ1) is 13.6. The Kier molecular flexibility index (Phi) is 7.20. The summed E-state index contributed by atoms with van der Waals surface area (Å²) in [7, 11) is -0.396. The molecule has 3 rings (SSSR count). The second-order valence-electron chi connectivity index (χ2n) is 7.14. The predicted molar refractivity (Wildman–Crippen MR) is 122 cm³/mol. The largest absolute Gasteiger partial charge is 0.491 e. The second-order valence-corrected chi connectivity index (χ2v) is 8.89. The highest BCUT2D eigenvalue weighted by Gasteiger charge is 2.17.